The fourth-order valence-corrected chi connectivity index (χ4v) is 2.76. The number of nitrogens with zero attached hydrogens (tertiary/aromatic N) is 1. The number of halogens is 6. The van der Waals surface area contributed by atoms with Gasteiger partial charge in [0.15, 0.2) is 12.0 Å². The van der Waals surface area contributed by atoms with Crippen LogP contribution >= 0.6 is 0 Å². The number of fused-ring (bicyclic) bond motifs is 2. The lowest BCUT2D eigenvalue weighted by Crippen LogP contribution is -2.76. The molecule has 0 spiro atoms. The van der Waals surface area contributed by atoms with Gasteiger partial charge in [-0.15, -0.1) is 0 Å². The van der Waals surface area contributed by atoms with E-state index in [0.717, 1.165) is 25.8 Å². The molecule has 30 heavy (non-hydrogen) atoms. The highest BCUT2D eigenvalue weighted by molar-refractivity contribution is 5.77. The van der Waals surface area contributed by atoms with Crippen LogP contribution in [-0.2, 0) is 14.4 Å². The molecule has 15 heteroatoms. The molecular formula is C15H17F6N3O6. The maximum absolute atomic E-state index is 10.6. The molecule has 9 nitrogen and oxygen atoms in total. The molecule has 2 bridgehead atoms. The third-order valence-corrected chi connectivity index (χ3v) is 4.12. The summed E-state index contributed by atoms with van der Waals surface area (Å²) in [6.07, 6.45) is -3.40. The van der Waals surface area contributed by atoms with E-state index in [9.17, 15) is 36.2 Å². The van der Waals surface area contributed by atoms with Gasteiger partial charge in [0.2, 0.25) is 0 Å². The predicted octanol–water partition coefficient (Wildman–Crippen LogP) is 0.393. The van der Waals surface area contributed by atoms with Gasteiger partial charge in [-0.25, -0.2) is 14.6 Å². The number of aldehydes is 1. The number of hydrazine groups is 1. The highest BCUT2D eigenvalue weighted by Crippen LogP contribution is 2.37. The van der Waals surface area contributed by atoms with Gasteiger partial charge in [-0.05, 0) is 24.5 Å². The minimum Gasteiger partial charge on any atom is -0.475 e. The Morgan fingerprint density at radius 2 is 1.63 bits per heavy atom. The lowest BCUT2D eigenvalue weighted by Gasteiger charge is -2.57. The monoisotopic (exact) mass is 449 g/mol. The average Bonchev–Trinajstić information content (AvgIpc) is 2.62. The number of dihydropyridines is 1. The van der Waals surface area contributed by atoms with E-state index in [1.807, 2.05) is 0 Å². The van der Waals surface area contributed by atoms with E-state index in [4.69, 9.17) is 19.8 Å². The quantitative estimate of drug-likeness (QED) is 0.299. The van der Waals surface area contributed by atoms with Crippen LogP contribution in [-0.4, -0.2) is 75.8 Å². The van der Waals surface area contributed by atoms with E-state index < -0.39 is 30.0 Å². The summed E-state index contributed by atoms with van der Waals surface area (Å²) in [5.74, 6) is -4.99. The van der Waals surface area contributed by atoms with E-state index in [1.165, 1.54) is 0 Å². The lowest BCUT2D eigenvalue weighted by molar-refractivity contribution is -0.193. The highest BCUT2D eigenvalue weighted by atomic mass is 19.4. The molecule has 0 aliphatic carbocycles. The normalized spacial score (nSPS) is 29.4. The minimum atomic E-state index is -5.08. The first-order chi connectivity index (χ1) is 13.6. The topological polar surface area (TPSA) is 139 Å². The Hall–Kier alpha value is -2.65. The lowest BCUT2D eigenvalue weighted by atomic mass is 9.78. The van der Waals surface area contributed by atoms with Crippen molar-refractivity contribution in [2.75, 3.05) is 13.1 Å². The van der Waals surface area contributed by atoms with Gasteiger partial charge in [0.05, 0.1) is 6.04 Å². The van der Waals surface area contributed by atoms with Gasteiger partial charge >= 0.3 is 24.3 Å². The standard InChI is InChI=1S/C11H15N3O2.2C2HF3O2/c15-7-8-1-3-11(16,12-5-8)10-9-2-4-13-14(10)6-9;2*3-2(4,5)1(6)7/h1,3,5,7,9-10,12-13,16H,2,4,6H2;2*(H,6,7). The second-order valence-electron chi connectivity index (χ2n) is 6.23. The van der Waals surface area contributed by atoms with Crippen molar-refractivity contribution in [1.82, 2.24) is 15.8 Å². The van der Waals surface area contributed by atoms with E-state index in [1.54, 1.807) is 18.4 Å². The fraction of sp³-hybridized carbons (Fsp3) is 0.533. The molecule has 5 N–H and O–H groups in total. The van der Waals surface area contributed by atoms with Crippen molar-refractivity contribution in [3.05, 3.63) is 23.9 Å². The Morgan fingerprint density at radius 3 is 1.90 bits per heavy atom. The van der Waals surface area contributed by atoms with Crippen LogP contribution in [0.2, 0.25) is 0 Å². The summed E-state index contributed by atoms with van der Waals surface area (Å²) in [4.78, 5) is 28.3. The number of allylic oxidation sites excluding steroid dienone is 2. The largest absolute Gasteiger partial charge is 0.490 e. The second-order valence-corrected chi connectivity index (χ2v) is 6.23. The van der Waals surface area contributed by atoms with E-state index >= 15 is 0 Å². The summed E-state index contributed by atoms with van der Waals surface area (Å²) in [7, 11) is 0. The molecule has 3 aliphatic heterocycles. The number of aliphatic hydroxyl groups is 1. The second kappa shape index (κ2) is 9.44. The SMILES string of the molecule is O=C(O)C(F)(F)F.O=C(O)C(F)(F)F.O=CC1=CNC(O)(C2C3CCNN2C3)C=C1. The molecule has 3 heterocycles. The summed E-state index contributed by atoms with van der Waals surface area (Å²) >= 11 is 0. The summed E-state index contributed by atoms with van der Waals surface area (Å²) < 4.78 is 63.5. The zero-order chi connectivity index (χ0) is 23.3. The number of rotatable bonds is 2. The molecule has 3 aliphatic rings. The third-order valence-electron chi connectivity index (χ3n) is 4.12. The van der Waals surface area contributed by atoms with Gasteiger partial charge in [-0.3, -0.25) is 10.2 Å². The van der Waals surface area contributed by atoms with E-state index in [2.05, 4.69) is 15.8 Å². The fourth-order valence-electron chi connectivity index (χ4n) is 2.76. The van der Waals surface area contributed by atoms with Crippen molar-refractivity contribution < 1.29 is 56.0 Å². The maximum Gasteiger partial charge on any atom is 0.490 e. The Labute approximate surface area is 164 Å². The summed E-state index contributed by atoms with van der Waals surface area (Å²) in [6, 6.07) is 0.0574. The number of hydrogen-bond acceptors (Lipinski definition) is 7. The van der Waals surface area contributed by atoms with Crippen molar-refractivity contribution in [2.24, 2.45) is 5.92 Å². The molecular weight excluding hydrogens is 432 g/mol. The smallest absolute Gasteiger partial charge is 0.475 e. The number of carbonyl (C=O) groups is 3. The molecule has 3 rings (SSSR count). The number of nitrogens with one attached hydrogen (secondary N) is 2. The van der Waals surface area contributed by atoms with Gasteiger partial charge < -0.3 is 20.6 Å². The van der Waals surface area contributed by atoms with E-state index in [0.29, 0.717) is 11.5 Å². The Kier molecular flexibility index (Phi) is 7.99. The van der Waals surface area contributed by atoms with Gasteiger partial charge in [0, 0.05) is 24.9 Å². The van der Waals surface area contributed by atoms with Crippen molar-refractivity contribution in [3.63, 3.8) is 0 Å². The van der Waals surface area contributed by atoms with Gasteiger partial charge in [0.25, 0.3) is 0 Å². The maximum atomic E-state index is 10.6. The molecule has 0 saturated carbocycles. The van der Waals surface area contributed by atoms with Crippen molar-refractivity contribution >= 4 is 18.2 Å². The number of alkyl halides is 6. The molecule has 170 valence electrons. The average molecular weight is 449 g/mol. The predicted molar refractivity (Wildman–Crippen MR) is 85.4 cm³/mol. The molecule has 0 aromatic rings. The zero-order valence-electron chi connectivity index (χ0n) is 14.9. The van der Waals surface area contributed by atoms with Crippen LogP contribution in [0.15, 0.2) is 23.9 Å². The molecule has 0 radical (unpaired) electrons. The number of carboxylic acid groups (broad SMARTS) is 2. The van der Waals surface area contributed by atoms with Crippen LogP contribution in [0.1, 0.15) is 6.42 Å². The molecule has 4 unspecified atom stereocenters. The van der Waals surface area contributed by atoms with Gasteiger partial charge in [0.1, 0.15) is 0 Å². The first-order valence-corrected chi connectivity index (χ1v) is 8.07. The first kappa shape index (κ1) is 25.4. The Balaban J connectivity index is 0.000000271. The van der Waals surface area contributed by atoms with Gasteiger partial charge in [-0.1, -0.05) is 0 Å². The van der Waals surface area contributed by atoms with Gasteiger partial charge in [-0.2, -0.15) is 26.3 Å². The molecule has 4 atom stereocenters. The van der Waals surface area contributed by atoms with Crippen LogP contribution in [0.4, 0.5) is 26.3 Å². The molecule has 0 amide bonds. The Bertz CT molecular complexity index is 685. The first-order valence-electron chi connectivity index (χ1n) is 8.07. The van der Waals surface area contributed by atoms with Crippen LogP contribution in [0.3, 0.4) is 0 Å². The molecule has 2 fully saturated rings. The number of hydrogen-bond donors (Lipinski definition) is 5. The zero-order valence-corrected chi connectivity index (χ0v) is 14.9. The van der Waals surface area contributed by atoms with Crippen molar-refractivity contribution in [3.8, 4) is 0 Å². The van der Waals surface area contributed by atoms with E-state index in [-0.39, 0.29) is 6.04 Å². The van der Waals surface area contributed by atoms with Crippen LogP contribution in [0.25, 0.3) is 0 Å². The van der Waals surface area contributed by atoms with Crippen molar-refractivity contribution in [1.29, 1.82) is 0 Å². The summed E-state index contributed by atoms with van der Waals surface area (Å²) in [5, 5.41) is 29.7. The Morgan fingerprint density at radius 1 is 1.13 bits per heavy atom. The van der Waals surface area contributed by atoms with Crippen LogP contribution in [0, 0.1) is 5.92 Å². The number of aliphatic carboxylic acids is 2. The van der Waals surface area contributed by atoms with Crippen LogP contribution in [0.5, 0.6) is 0 Å². The number of carbonyl (C=O) groups excluding carboxylic acids is 1. The molecule has 0 aromatic carbocycles. The summed E-state index contributed by atoms with van der Waals surface area (Å²) in [6.45, 7) is 1.98. The highest BCUT2D eigenvalue weighted by Gasteiger charge is 2.52. The van der Waals surface area contributed by atoms with Crippen LogP contribution < -0.4 is 10.7 Å². The minimum absolute atomic E-state index is 0.0574. The molecule has 2 saturated heterocycles. The van der Waals surface area contributed by atoms with Crippen molar-refractivity contribution in [2.45, 2.75) is 30.5 Å². The summed E-state index contributed by atoms with van der Waals surface area (Å²) in [5.41, 5.74) is 2.76. The third kappa shape index (κ3) is 6.70. The number of carboxylic acids is 2. The molecule has 0 aromatic heterocycles.